The van der Waals surface area contributed by atoms with Gasteiger partial charge in [0.1, 0.15) is 17.0 Å². The molecule has 0 bridgehead atoms. The molecular weight excluding hydrogens is 528 g/mol. The largest absolute Gasteiger partial charge is 0.490 e. The summed E-state index contributed by atoms with van der Waals surface area (Å²) in [6.45, 7) is 5.82. The highest BCUT2D eigenvalue weighted by Crippen LogP contribution is 2.38. The van der Waals surface area contributed by atoms with Crippen LogP contribution in [-0.2, 0) is 0 Å². The number of pyridine rings is 1. The first-order valence-electron chi connectivity index (χ1n) is 14.3. The maximum absolute atomic E-state index is 11.9. The number of aromatic nitrogens is 4. The first kappa shape index (κ1) is 25.7. The molecule has 1 fully saturated rings. The van der Waals surface area contributed by atoms with E-state index < -0.39 is 0 Å². The SMILES string of the molecule is CC(=O)c1ccc(-c2ccc(C)c3[nH]c(-c4n[nH]c5ccc(-c6cc(C)cc(OC7CCCCC7)c6)nc45)cc23)s1. The molecule has 1 aliphatic carbocycles. The van der Waals surface area contributed by atoms with Crippen molar-refractivity contribution in [2.75, 3.05) is 0 Å². The summed E-state index contributed by atoms with van der Waals surface area (Å²) in [4.78, 5) is 22.5. The molecule has 0 aliphatic heterocycles. The van der Waals surface area contributed by atoms with Gasteiger partial charge < -0.3 is 9.72 Å². The number of rotatable bonds is 6. The number of hydrogen-bond donors (Lipinski definition) is 2. The Labute approximate surface area is 242 Å². The predicted octanol–water partition coefficient (Wildman–Crippen LogP) is 9.03. The van der Waals surface area contributed by atoms with Gasteiger partial charge >= 0.3 is 0 Å². The third kappa shape index (κ3) is 4.84. The summed E-state index contributed by atoms with van der Waals surface area (Å²) in [5.74, 6) is 1.01. The Kier molecular flexibility index (Phi) is 6.47. The van der Waals surface area contributed by atoms with E-state index in [0.29, 0.717) is 6.10 Å². The molecule has 0 saturated heterocycles. The number of ketones is 1. The molecule has 0 amide bonds. The Hall–Kier alpha value is -4.23. The van der Waals surface area contributed by atoms with Gasteiger partial charge in [0.15, 0.2) is 5.78 Å². The minimum absolute atomic E-state index is 0.0884. The van der Waals surface area contributed by atoms with Gasteiger partial charge in [-0.1, -0.05) is 18.6 Å². The Morgan fingerprint density at radius 2 is 1.83 bits per heavy atom. The maximum Gasteiger partial charge on any atom is 0.169 e. The van der Waals surface area contributed by atoms with Crippen LogP contribution in [-0.4, -0.2) is 32.1 Å². The molecular formula is C34H32N4O2S. The van der Waals surface area contributed by atoms with Crippen LogP contribution in [0.25, 0.3) is 55.0 Å². The van der Waals surface area contributed by atoms with Gasteiger partial charge in [-0.25, -0.2) is 4.98 Å². The minimum atomic E-state index is 0.0884. The summed E-state index contributed by atoms with van der Waals surface area (Å²) < 4.78 is 6.40. The Morgan fingerprint density at radius 1 is 0.976 bits per heavy atom. The quantitative estimate of drug-likeness (QED) is 0.199. The monoisotopic (exact) mass is 560 g/mol. The van der Waals surface area contributed by atoms with Crippen molar-refractivity contribution in [2.45, 2.75) is 59.0 Å². The van der Waals surface area contributed by atoms with Crippen LogP contribution >= 0.6 is 11.3 Å². The highest BCUT2D eigenvalue weighted by Gasteiger charge is 2.19. The van der Waals surface area contributed by atoms with Crippen LogP contribution in [0.2, 0.25) is 0 Å². The number of aryl methyl sites for hydroxylation is 2. The molecule has 7 heteroatoms. The van der Waals surface area contributed by atoms with Crippen LogP contribution in [0.15, 0.2) is 60.7 Å². The minimum Gasteiger partial charge on any atom is -0.490 e. The van der Waals surface area contributed by atoms with Crippen molar-refractivity contribution in [1.29, 1.82) is 0 Å². The zero-order chi connectivity index (χ0) is 28.1. The number of fused-ring (bicyclic) bond motifs is 2. The molecule has 1 aliphatic rings. The van der Waals surface area contributed by atoms with Crippen LogP contribution in [0.5, 0.6) is 5.75 Å². The van der Waals surface area contributed by atoms with Gasteiger partial charge in [0, 0.05) is 26.9 Å². The van der Waals surface area contributed by atoms with Crippen molar-refractivity contribution in [3.63, 3.8) is 0 Å². The second-order valence-corrected chi connectivity index (χ2v) is 12.3. The van der Waals surface area contributed by atoms with Gasteiger partial charge in [0.25, 0.3) is 0 Å². The Bertz CT molecular complexity index is 1920. The van der Waals surface area contributed by atoms with E-state index in [-0.39, 0.29) is 5.78 Å². The van der Waals surface area contributed by atoms with Crippen LogP contribution in [0, 0.1) is 13.8 Å². The zero-order valence-corrected chi connectivity index (χ0v) is 24.3. The molecule has 41 heavy (non-hydrogen) atoms. The van der Waals surface area contributed by atoms with Crippen LogP contribution in [0.3, 0.4) is 0 Å². The summed E-state index contributed by atoms with van der Waals surface area (Å²) >= 11 is 1.53. The van der Waals surface area contributed by atoms with Crippen molar-refractivity contribution in [1.82, 2.24) is 20.2 Å². The second kappa shape index (κ2) is 10.3. The number of nitrogens with one attached hydrogen (secondary N) is 2. The summed E-state index contributed by atoms with van der Waals surface area (Å²) in [6, 6.07) is 20.8. The molecule has 2 N–H and O–H groups in total. The molecule has 0 unspecified atom stereocenters. The Balaban J connectivity index is 1.28. The molecule has 4 aromatic heterocycles. The van der Waals surface area contributed by atoms with Gasteiger partial charge in [-0.3, -0.25) is 9.89 Å². The first-order chi connectivity index (χ1) is 19.9. The molecule has 6 nitrogen and oxygen atoms in total. The molecule has 6 aromatic rings. The van der Waals surface area contributed by atoms with E-state index in [0.717, 1.165) is 89.6 Å². The molecule has 0 spiro atoms. The van der Waals surface area contributed by atoms with E-state index in [4.69, 9.17) is 9.72 Å². The summed E-state index contributed by atoms with van der Waals surface area (Å²) in [5.41, 5.74) is 9.79. The highest BCUT2D eigenvalue weighted by atomic mass is 32.1. The van der Waals surface area contributed by atoms with E-state index in [9.17, 15) is 4.79 Å². The van der Waals surface area contributed by atoms with E-state index in [1.54, 1.807) is 6.92 Å². The van der Waals surface area contributed by atoms with Gasteiger partial charge in [-0.15, -0.1) is 11.3 Å². The van der Waals surface area contributed by atoms with Crippen LogP contribution in [0.1, 0.15) is 59.8 Å². The Morgan fingerprint density at radius 3 is 2.63 bits per heavy atom. The second-order valence-electron chi connectivity index (χ2n) is 11.2. The summed E-state index contributed by atoms with van der Waals surface area (Å²) in [5, 5.41) is 8.96. The average Bonchev–Trinajstić information content (AvgIpc) is 3.72. The topological polar surface area (TPSA) is 83.7 Å². The fraction of sp³-hybridized carbons (Fsp3) is 0.265. The molecule has 4 heterocycles. The number of nitrogens with zero attached hydrogens (tertiary/aromatic N) is 2. The molecule has 1 saturated carbocycles. The van der Waals surface area contributed by atoms with Gasteiger partial charge in [0.2, 0.25) is 0 Å². The van der Waals surface area contributed by atoms with Crippen LogP contribution < -0.4 is 4.74 Å². The molecule has 0 atom stereocenters. The van der Waals surface area contributed by atoms with E-state index in [1.165, 1.54) is 30.6 Å². The smallest absolute Gasteiger partial charge is 0.169 e. The van der Waals surface area contributed by atoms with Crippen molar-refractivity contribution >= 4 is 39.1 Å². The lowest BCUT2D eigenvalue weighted by atomic mass is 9.97. The standard InChI is InChI=1S/C34H32N4O2S/c1-19-15-22(17-24(16-19)40-23-7-5-4-6-8-23)27-11-12-28-33(35-27)34(38-37-28)29-18-26-25(10-9-20(2)32(26)36-29)31-14-13-30(41-31)21(3)39/h9-18,23,36H,4-8H2,1-3H3,(H,37,38). The molecule has 0 radical (unpaired) electrons. The normalized spacial score (nSPS) is 14.2. The van der Waals surface area contributed by atoms with Gasteiger partial charge in [-0.2, -0.15) is 5.10 Å². The van der Waals surface area contributed by atoms with Gasteiger partial charge in [0.05, 0.1) is 27.9 Å². The number of benzene rings is 2. The number of carbonyl (C=O) groups excluding carboxylic acids is 1. The van der Waals surface area contributed by atoms with Crippen LogP contribution in [0.4, 0.5) is 0 Å². The number of H-pyrrole nitrogens is 2. The number of thiophene rings is 1. The van der Waals surface area contributed by atoms with Crippen molar-refractivity contribution < 1.29 is 9.53 Å². The van der Waals surface area contributed by atoms with Crippen molar-refractivity contribution in [2.24, 2.45) is 0 Å². The fourth-order valence-electron chi connectivity index (χ4n) is 5.96. The number of ether oxygens (including phenoxy) is 1. The van der Waals surface area contributed by atoms with Crippen molar-refractivity contribution in [3.8, 4) is 38.8 Å². The third-order valence-electron chi connectivity index (χ3n) is 8.09. The summed E-state index contributed by atoms with van der Waals surface area (Å²) in [7, 11) is 0. The predicted molar refractivity (Wildman–Crippen MR) is 167 cm³/mol. The number of carbonyl (C=O) groups is 1. The fourth-order valence-corrected chi connectivity index (χ4v) is 6.90. The van der Waals surface area contributed by atoms with E-state index >= 15 is 0 Å². The van der Waals surface area contributed by atoms with E-state index in [2.05, 4.69) is 65.4 Å². The number of hydrogen-bond acceptors (Lipinski definition) is 5. The lowest BCUT2D eigenvalue weighted by molar-refractivity contribution is 0.102. The molecule has 2 aromatic carbocycles. The zero-order valence-electron chi connectivity index (χ0n) is 23.5. The average molecular weight is 561 g/mol. The highest BCUT2D eigenvalue weighted by molar-refractivity contribution is 7.17. The number of aromatic amines is 2. The lowest BCUT2D eigenvalue weighted by Crippen LogP contribution is -2.19. The van der Waals surface area contributed by atoms with Gasteiger partial charge in [-0.05, 0) is 106 Å². The molecule has 7 rings (SSSR count). The maximum atomic E-state index is 11.9. The molecule has 206 valence electrons. The van der Waals surface area contributed by atoms with Crippen molar-refractivity contribution in [3.05, 3.63) is 76.7 Å². The number of Topliss-reactive ketones (excluding diaryl/α,β-unsaturated/α-hetero) is 1. The third-order valence-corrected chi connectivity index (χ3v) is 9.30. The lowest BCUT2D eigenvalue weighted by Gasteiger charge is -2.23. The first-order valence-corrected chi connectivity index (χ1v) is 15.1. The summed E-state index contributed by atoms with van der Waals surface area (Å²) in [6.07, 6.45) is 6.35. The van der Waals surface area contributed by atoms with E-state index in [1.807, 2.05) is 24.3 Å².